The number of hydrogen-bond donors (Lipinski definition) is 1. The van der Waals surface area contributed by atoms with Crippen LogP contribution >= 0.6 is 22.9 Å². The highest BCUT2D eigenvalue weighted by molar-refractivity contribution is 7.20. The summed E-state index contributed by atoms with van der Waals surface area (Å²) < 4.78 is 1.74. The molecule has 0 radical (unpaired) electrons. The molecular weight excluding hydrogens is 374 g/mol. The third kappa shape index (κ3) is 2.68. The summed E-state index contributed by atoms with van der Waals surface area (Å²) >= 11 is 7.61. The first-order valence-corrected chi connectivity index (χ1v) is 9.44. The van der Waals surface area contributed by atoms with E-state index in [9.17, 15) is 14.7 Å². The number of hydrogen-bond acceptors (Lipinski definition) is 4. The van der Waals surface area contributed by atoms with Crippen molar-refractivity contribution in [2.45, 2.75) is 25.8 Å². The number of carbonyl (C=O) groups is 2. The van der Waals surface area contributed by atoms with Crippen molar-refractivity contribution in [1.29, 1.82) is 0 Å². The molecule has 1 aromatic carbocycles. The van der Waals surface area contributed by atoms with Gasteiger partial charge >= 0.3 is 5.97 Å². The van der Waals surface area contributed by atoms with Gasteiger partial charge in [-0.2, -0.15) is 5.10 Å². The Kier molecular flexibility index (Phi) is 4.20. The Hall–Kier alpha value is -2.38. The third-order valence-corrected chi connectivity index (χ3v) is 6.05. The van der Waals surface area contributed by atoms with Crippen molar-refractivity contribution >= 4 is 45.0 Å². The summed E-state index contributed by atoms with van der Waals surface area (Å²) in [6.07, 6.45) is 1.21. The lowest BCUT2D eigenvalue weighted by Crippen LogP contribution is -2.40. The fourth-order valence-corrected chi connectivity index (χ4v) is 4.70. The first-order chi connectivity index (χ1) is 12.5. The Labute approximate surface area is 158 Å². The number of para-hydroxylation sites is 1. The highest BCUT2D eigenvalue weighted by Crippen LogP contribution is 2.34. The van der Waals surface area contributed by atoms with Gasteiger partial charge in [0.05, 0.1) is 21.3 Å². The minimum Gasteiger partial charge on any atom is -0.480 e. The van der Waals surface area contributed by atoms with Crippen LogP contribution in [-0.2, 0) is 4.79 Å². The van der Waals surface area contributed by atoms with E-state index in [4.69, 9.17) is 11.6 Å². The summed E-state index contributed by atoms with van der Waals surface area (Å²) in [6.45, 7) is 2.35. The van der Waals surface area contributed by atoms with Crippen LogP contribution in [-0.4, -0.2) is 44.3 Å². The molecule has 4 rings (SSSR count). The second-order valence-corrected chi connectivity index (χ2v) is 7.71. The highest BCUT2D eigenvalue weighted by atomic mass is 35.5. The van der Waals surface area contributed by atoms with Crippen molar-refractivity contribution in [2.75, 3.05) is 6.54 Å². The number of amides is 1. The van der Waals surface area contributed by atoms with E-state index in [1.54, 1.807) is 16.8 Å². The number of nitrogens with zero attached hydrogens (tertiary/aromatic N) is 3. The summed E-state index contributed by atoms with van der Waals surface area (Å²) in [4.78, 5) is 27.1. The van der Waals surface area contributed by atoms with Gasteiger partial charge in [0.25, 0.3) is 5.91 Å². The minimum absolute atomic E-state index is 0.235. The van der Waals surface area contributed by atoms with E-state index in [2.05, 4.69) is 5.10 Å². The van der Waals surface area contributed by atoms with Crippen molar-refractivity contribution in [3.05, 3.63) is 45.9 Å². The van der Waals surface area contributed by atoms with E-state index < -0.39 is 12.0 Å². The van der Waals surface area contributed by atoms with Gasteiger partial charge in [-0.1, -0.05) is 23.7 Å². The first-order valence-electron chi connectivity index (χ1n) is 8.25. The van der Waals surface area contributed by atoms with Crippen LogP contribution in [0.15, 0.2) is 30.3 Å². The molecule has 1 aliphatic rings. The number of carbonyl (C=O) groups excluding carboxylic acids is 1. The maximum Gasteiger partial charge on any atom is 0.326 e. The maximum absolute atomic E-state index is 12.9. The van der Waals surface area contributed by atoms with Crippen LogP contribution in [0.5, 0.6) is 0 Å². The number of aliphatic carboxylic acids is 1. The average Bonchev–Trinajstić information content (AvgIpc) is 3.31. The predicted molar refractivity (Wildman–Crippen MR) is 100 cm³/mol. The standard InChI is InChI=1S/C18H16ClN3O3S/c1-10-11-9-15(16(23)21-8-4-7-14(21)18(24)25)26-17(11)22(20-10)13-6-3-2-5-12(13)19/h2-3,5-6,9,14H,4,7-8H2,1H3,(H,24,25). The summed E-state index contributed by atoms with van der Waals surface area (Å²) in [5.41, 5.74) is 1.55. The molecule has 134 valence electrons. The van der Waals surface area contributed by atoms with Gasteiger partial charge in [-0.15, -0.1) is 11.3 Å². The molecule has 0 spiro atoms. The van der Waals surface area contributed by atoms with E-state index in [0.717, 1.165) is 21.6 Å². The van der Waals surface area contributed by atoms with E-state index in [1.165, 1.54) is 16.2 Å². The maximum atomic E-state index is 12.9. The quantitative estimate of drug-likeness (QED) is 0.740. The number of halogens is 1. The van der Waals surface area contributed by atoms with Gasteiger partial charge in [0.15, 0.2) is 0 Å². The van der Waals surface area contributed by atoms with Crippen LogP contribution in [0.3, 0.4) is 0 Å². The lowest BCUT2D eigenvalue weighted by atomic mass is 10.2. The monoisotopic (exact) mass is 389 g/mol. The van der Waals surface area contributed by atoms with Crippen molar-refractivity contribution in [2.24, 2.45) is 0 Å². The SMILES string of the molecule is Cc1nn(-c2ccccc2Cl)c2sc(C(=O)N3CCCC3C(=O)O)cc12. The summed E-state index contributed by atoms with van der Waals surface area (Å²) in [5.74, 6) is -1.18. The van der Waals surface area contributed by atoms with Crippen LogP contribution in [0, 0.1) is 6.92 Å². The molecule has 0 bridgehead atoms. The number of aryl methyl sites for hydroxylation is 1. The molecule has 6 nitrogen and oxygen atoms in total. The van der Waals surface area contributed by atoms with Gasteiger partial charge in [-0.25, -0.2) is 9.48 Å². The van der Waals surface area contributed by atoms with Gasteiger partial charge in [0.2, 0.25) is 0 Å². The van der Waals surface area contributed by atoms with Crippen LogP contribution in [0.2, 0.25) is 5.02 Å². The minimum atomic E-state index is -0.949. The molecular formula is C18H16ClN3O3S. The largest absolute Gasteiger partial charge is 0.480 e. The smallest absolute Gasteiger partial charge is 0.326 e. The van der Waals surface area contributed by atoms with Gasteiger partial charge in [0, 0.05) is 11.9 Å². The van der Waals surface area contributed by atoms with Crippen molar-refractivity contribution < 1.29 is 14.7 Å². The number of rotatable bonds is 3. The topological polar surface area (TPSA) is 75.4 Å². The molecule has 1 amide bonds. The zero-order chi connectivity index (χ0) is 18.4. The number of benzene rings is 1. The predicted octanol–water partition coefficient (Wildman–Crippen LogP) is 3.74. The van der Waals surface area contributed by atoms with Crippen molar-refractivity contribution in [1.82, 2.24) is 14.7 Å². The zero-order valence-corrected chi connectivity index (χ0v) is 15.5. The van der Waals surface area contributed by atoms with Crippen LogP contribution < -0.4 is 0 Å². The third-order valence-electron chi connectivity index (χ3n) is 4.63. The Morgan fingerprint density at radius 3 is 2.85 bits per heavy atom. The molecule has 0 saturated carbocycles. The van der Waals surface area contributed by atoms with Gasteiger partial charge in [-0.3, -0.25) is 4.79 Å². The summed E-state index contributed by atoms with van der Waals surface area (Å²) in [6, 6.07) is 8.45. The van der Waals surface area contributed by atoms with Gasteiger partial charge in [-0.05, 0) is 38.0 Å². The Balaban J connectivity index is 1.77. The zero-order valence-electron chi connectivity index (χ0n) is 14.0. The number of likely N-dealkylation sites (tertiary alicyclic amines) is 1. The normalized spacial score (nSPS) is 17.2. The van der Waals surface area contributed by atoms with Gasteiger partial charge in [0.1, 0.15) is 10.9 Å². The Morgan fingerprint density at radius 1 is 1.35 bits per heavy atom. The van der Waals surface area contributed by atoms with Gasteiger partial charge < -0.3 is 10.0 Å². The average molecular weight is 390 g/mol. The summed E-state index contributed by atoms with van der Waals surface area (Å²) in [5, 5.41) is 15.3. The number of fused-ring (bicyclic) bond motifs is 1. The lowest BCUT2D eigenvalue weighted by molar-refractivity contribution is -0.141. The van der Waals surface area contributed by atoms with Crippen molar-refractivity contribution in [3.8, 4) is 5.69 Å². The number of carboxylic acid groups (broad SMARTS) is 1. The second kappa shape index (κ2) is 6.41. The van der Waals surface area contributed by atoms with Crippen LogP contribution in [0.1, 0.15) is 28.2 Å². The Morgan fingerprint density at radius 2 is 2.12 bits per heavy atom. The van der Waals surface area contributed by atoms with Crippen molar-refractivity contribution in [3.63, 3.8) is 0 Å². The highest BCUT2D eigenvalue weighted by Gasteiger charge is 2.35. The first kappa shape index (κ1) is 17.1. The molecule has 2 aromatic heterocycles. The molecule has 0 aliphatic carbocycles. The van der Waals surface area contributed by atoms with E-state index >= 15 is 0 Å². The Bertz CT molecular complexity index is 1030. The summed E-state index contributed by atoms with van der Waals surface area (Å²) in [7, 11) is 0. The van der Waals surface area contributed by atoms with E-state index in [1.807, 2.05) is 25.1 Å². The molecule has 1 saturated heterocycles. The number of carboxylic acids is 1. The molecule has 26 heavy (non-hydrogen) atoms. The number of aromatic nitrogens is 2. The van der Waals surface area contributed by atoms with E-state index in [-0.39, 0.29) is 5.91 Å². The van der Waals surface area contributed by atoms with E-state index in [0.29, 0.717) is 29.3 Å². The molecule has 3 heterocycles. The molecule has 1 aliphatic heterocycles. The second-order valence-electron chi connectivity index (χ2n) is 6.27. The molecule has 1 fully saturated rings. The fraction of sp³-hybridized carbons (Fsp3) is 0.278. The molecule has 1 N–H and O–H groups in total. The number of thiophene rings is 1. The fourth-order valence-electron chi connectivity index (χ4n) is 3.35. The molecule has 8 heteroatoms. The molecule has 1 unspecified atom stereocenters. The molecule has 3 aromatic rings. The van der Waals surface area contributed by atoms with Crippen LogP contribution in [0.25, 0.3) is 15.9 Å². The lowest BCUT2D eigenvalue weighted by Gasteiger charge is -2.20. The molecule has 1 atom stereocenters. The van der Waals surface area contributed by atoms with Crippen LogP contribution in [0.4, 0.5) is 0 Å².